The van der Waals surface area contributed by atoms with Gasteiger partial charge in [-0.25, -0.2) is 8.42 Å². The van der Waals surface area contributed by atoms with Crippen molar-refractivity contribution in [3.63, 3.8) is 0 Å². The molecule has 24 heavy (non-hydrogen) atoms. The first kappa shape index (κ1) is 18.9. The van der Waals surface area contributed by atoms with Gasteiger partial charge in [0.1, 0.15) is 0 Å². The molecule has 0 radical (unpaired) electrons. The second kappa shape index (κ2) is 6.84. The molecule has 2 rings (SSSR count). The van der Waals surface area contributed by atoms with E-state index in [1.54, 1.807) is 0 Å². The molecule has 0 aliphatic carbocycles. The van der Waals surface area contributed by atoms with Gasteiger partial charge in [0, 0.05) is 12.8 Å². The highest BCUT2D eigenvalue weighted by Crippen LogP contribution is 2.28. The highest BCUT2D eigenvalue weighted by molar-refractivity contribution is 7.92. The zero-order chi connectivity index (χ0) is 18.0. The van der Waals surface area contributed by atoms with Crippen LogP contribution in [0.1, 0.15) is 44.7 Å². The van der Waals surface area contributed by atoms with Crippen molar-refractivity contribution in [2.75, 3.05) is 19.3 Å². The summed E-state index contributed by atoms with van der Waals surface area (Å²) in [7, 11) is -3.47. The smallest absolute Gasteiger partial charge is 0.241 e. The molecule has 6 heteroatoms. The molecule has 0 saturated carbocycles. The summed E-state index contributed by atoms with van der Waals surface area (Å²) in [5.41, 5.74) is 2.27. The summed E-state index contributed by atoms with van der Waals surface area (Å²) < 4.78 is 23.2. The first-order valence-corrected chi connectivity index (χ1v) is 10.2. The average molecular weight is 353 g/mol. The highest BCUT2D eigenvalue weighted by Gasteiger charge is 2.48. The van der Waals surface area contributed by atoms with E-state index in [-0.39, 0.29) is 11.3 Å². The lowest BCUT2D eigenvalue weighted by molar-refractivity contribution is -0.124. The predicted molar refractivity (Wildman–Crippen MR) is 96.7 cm³/mol. The summed E-state index contributed by atoms with van der Waals surface area (Å²) in [5.74, 6) is -0.383. The fraction of sp³-hybridized carbons (Fsp3) is 0.611. The molecular weight excluding hydrogens is 324 g/mol. The maximum absolute atomic E-state index is 12.6. The Bertz CT molecular complexity index is 682. The van der Waals surface area contributed by atoms with Crippen LogP contribution in [0.5, 0.6) is 0 Å². The van der Waals surface area contributed by atoms with E-state index in [1.165, 1.54) is 5.56 Å². The Morgan fingerprint density at radius 3 is 2.17 bits per heavy atom. The van der Waals surface area contributed by atoms with Crippen LogP contribution in [0.25, 0.3) is 0 Å². The number of hydrogen-bond acceptors (Lipinski definition) is 4. The normalized spacial score (nSPS) is 18.2. The third kappa shape index (κ3) is 3.98. The van der Waals surface area contributed by atoms with Crippen LogP contribution in [-0.4, -0.2) is 38.4 Å². The van der Waals surface area contributed by atoms with Crippen molar-refractivity contribution in [1.82, 2.24) is 10.6 Å². The zero-order valence-electron chi connectivity index (χ0n) is 15.0. The predicted octanol–water partition coefficient (Wildman–Crippen LogP) is 1.77. The molecule has 1 aromatic rings. The first-order valence-electron chi connectivity index (χ1n) is 8.34. The monoisotopic (exact) mass is 352 g/mol. The van der Waals surface area contributed by atoms with E-state index in [0.717, 1.165) is 11.8 Å². The van der Waals surface area contributed by atoms with Crippen molar-refractivity contribution < 1.29 is 13.2 Å². The van der Waals surface area contributed by atoms with Crippen LogP contribution in [0.3, 0.4) is 0 Å². The minimum Gasteiger partial charge on any atom is -0.351 e. The van der Waals surface area contributed by atoms with Crippen molar-refractivity contribution in [3.05, 3.63) is 35.4 Å². The van der Waals surface area contributed by atoms with Crippen LogP contribution < -0.4 is 10.6 Å². The van der Waals surface area contributed by atoms with Gasteiger partial charge in [0.15, 0.2) is 14.6 Å². The topological polar surface area (TPSA) is 75.3 Å². The van der Waals surface area contributed by atoms with Crippen LogP contribution in [0.4, 0.5) is 0 Å². The molecule has 0 aromatic heterocycles. The Labute approximate surface area is 145 Å². The second-order valence-electron chi connectivity index (χ2n) is 7.65. The van der Waals surface area contributed by atoms with E-state index >= 15 is 0 Å². The molecule has 1 aromatic carbocycles. The number of hydrogen-bond donors (Lipinski definition) is 2. The minimum atomic E-state index is -3.47. The Morgan fingerprint density at radius 2 is 1.71 bits per heavy atom. The molecule has 1 heterocycles. The van der Waals surface area contributed by atoms with E-state index in [0.29, 0.717) is 32.5 Å². The van der Waals surface area contributed by atoms with Gasteiger partial charge < -0.3 is 10.6 Å². The van der Waals surface area contributed by atoms with Gasteiger partial charge in [-0.15, -0.1) is 0 Å². The molecule has 1 aliphatic heterocycles. The van der Waals surface area contributed by atoms with Crippen LogP contribution in [0.15, 0.2) is 24.3 Å². The van der Waals surface area contributed by atoms with Crippen molar-refractivity contribution in [2.24, 2.45) is 0 Å². The molecule has 134 valence electrons. The molecule has 1 amide bonds. The highest BCUT2D eigenvalue weighted by atomic mass is 32.2. The largest absolute Gasteiger partial charge is 0.351 e. The lowest BCUT2D eigenvalue weighted by Gasteiger charge is -2.34. The molecule has 0 atom stereocenters. The third-order valence-electron chi connectivity index (χ3n) is 4.81. The molecule has 0 spiro atoms. The third-order valence-corrected chi connectivity index (χ3v) is 6.82. The molecule has 0 bridgehead atoms. The number of piperidine rings is 1. The van der Waals surface area contributed by atoms with Gasteiger partial charge in [0.05, 0.1) is 0 Å². The second-order valence-corrected chi connectivity index (χ2v) is 9.97. The van der Waals surface area contributed by atoms with E-state index in [1.807, 2.05) is 12.1 Å². The number of benzene rings is 1. The van der Waals surface area contributed by atoms with Gasteiger partial charge in [-0.3, -0.25) is 4.79 Å². The first-order chi connectivity index (χ1) is 11.1. The molecule has 1 saturated heterocycles. The maximum Gasteiger partial charge on any atom is 0.241 e. The fourth-order valence-corrected chi connectivity index (χ4v) is 4.42. The van der Waals surface area contributed by atoms with Gasteiger partial charge in [0.2, 0.25) is 5.91 Å². The van der Waals surface area contributed by atoms with Gasteiger partial charge in [0.25, 0.3) is 0 Å². The van der Waals surface area contributed by atoms with Crippen LogP contribution in [0.2, 0.25) is 0 Å². The van der Waals surface area contributed by atoms with Crippen molar-refractivity contribution in [1.29, 1.82) is 0 Å². The number of amides is 1. The fourth-order valence-electron chi connectivity index (χ4n) is 3.06. The molecule has 1 aliphatic rings. The van der Waals surface area contributed by atoms with E-state index < -0.39 is 14.6 Å². The summed E-state index contributed by atoms with van der Waals surface area (Å²) in [6, 6.07) is 8.07. The summed E-state index contributed by atoms with van der Waals surface area (Å²) in [6.45, 7) is 7.87. The molecule has 2 N–H and O–H groups in total. The van der Waals surface area contributed by atoms with Gasteiger partial charge in [-0.1, -0.05) is 45.0 Å². The average Bonchev–Trinajstić information content (AvgIpc) is 2.51. The summed E-state index contributed by atoms with van der Waals surface area (Å²) in [4.78, 5) is 12.6. The number of carbonyl (C=O) groups is 1. The van der Waals surface area contributed by atoms with Crippen molar-refractivity contribution in [2.45, 2.75) is 50.3 Å². The zero-order valence-corrected chi connectivity index (χ0v) is 15.8. The van der Waals surface area contributed by atoms with E-state index in [4.69, 9.17) is 0 Å². The lowest BCUT2D eigenvalue weighted by atomic mass is 9.87. The van der Waals surface area contributed by atoms with Crippen molar-refractivity contribution >= 4 is 15.7 Å². The number of sulfone groups is 1. The number of carbonyl (C=O) groups excluding carboxylic acids is 1. The summed E-state index contributed by atoms with van der Waals surface area (Å²) in [6.07, 6.45) is 1.80. The minimum absolute atomic E-state index is 0.0806. The van der Waals surface area contributed by atoms with Crippen molar-refractivity contribution in [3.8, 4) is 0 Å². The van der Waals surface area contributed by atoms with Crippen LogP contribution in [0, 0.1) is 0 Å². The van der Waals surface area contributed by atoms with Crippen LogP contribution in [-0.2, 0) is 26.6 Å². The molecule has 1 fully saturated rings. The SMILES string of the molecule is CC(C)(C)c1ccc(CNC(=O)C2(S(C)(=O)=O)CCNCC2)cc1. The molecule has 5 nitrogen and oxygen atoms in total. The lowest BCUT2D eigenvalue weighted by Crippen LogP contribution is -2.57. The summed E-state index contributed by atoms with van der Waals surface area (Å²) in [5, 5.41) is 5.94. The van der Waals surface area contributed by atoms with E-state index in [2.05, 4.69) is 43.5 Å². The van der Waals surface area contributed by atoms with Crippen LogP contribution >= 0.6 is 0 Å². The van der Waals surface area contributed by atoms with E-state index in [9.17, 15) is 13.2 Å². The quantitative estimate of drug-likeness (QED) is 0.866. The summed E-state index contributed by atoms with van der Waals surface area (Å²) >= 11 is 0. The molecule has 0 unspecified atom stereocenters. The van der Waals surface area contributed by atoms with Gasteiger partial charge in [-0.05, 0) is 42.5 Å². The maximum atomic E-state index is 12.6. The molecular formula is C18H28N2O3S. The van der Waals surface area contributed by atoms with Gasteiger partial charge >= 0.3 is 0 Å². The Kier molecular flexibility index (Phi) is 5.40. The Hall–Kier alpha value is -1.40. The number of nitrogens with one attached hydrogen (secondary N) is 2. The Balaban J connectivity index is 2.09. The number of rotatable bonds is 4. The Morgan fingerprint density at radius 1 is 1.17 bits per heavy atom. The standard InChI is InChI=1S/C18H28N2O3S/c1-17(2,3)15-7-5-14(6-8-15)13-20-16(21)18(24(4,22)23)9-11-19-12-10-18/h5-8,19H,9-13H2,1-4H3,(H,20,21). The van der Waals surface area contributed by atoms with Gasteiger partial charge in [-0.2, -0.15) is 0 Å².